The van der Waals surface area contributed by atoms with Crippen molar-refractivity contribution in [2.75, 3.05) is 20.0 Å². The molecule has 0 aliphatic heterocycles. The highest BCUT2D eigenvalue weighted by atomic mass is 33.1. The molecule has 1 unspecified atom stereocenters. The quantitative estimate of drug-likeness (QED) is 0.311. The molecule has 0 heterocycles. The SMILES string of the molecule is COc1cc(COC(=O)NC(CSSC(C)(C)C)C(=O)O)c([N+](=O)[O-])cc1OC. The Balaban J connectivity index is 2.79. The molecule has 10 nitrogen and oxygen atoms in total. The highest BCUT2D eigenvalue weighted by molar-refractivity contribution is 8.77. The Morgan fingerprint density at radius 1 is 1.24 bits per heavy atom. The second-order valence-corrected chi connectivity index (χ2v) is 9.85. The van der Waals surface area contributed by atoms with E-state index in [9.17, 15) is 24.8 Å². The van der Waals surface area contributed by atoms with Crippen molar-refractivity contribution in [1.82, 2.24) is 5.32 Å². The van der Waals surface area contributed by atoms with Gasteiger partial charge >= 0.3 is 12.1 Å². The summed E-state index contributed by atoms with van der Waals surface area (Å²) in [6, 6.07) is 1.33. The number of benzene rings is 1. The third kappa shape index (κ3) is 8.28. The number of nitrogens with one attached hydrogen (secondary N) is 1. The highest BCUT2D eigenvalue weighted by Crippen LogP contribution is 2.36. The predicted molar refractivity (Wildman–Crippen MR) is 111 cm³/mol. The average molecular weight is 449 g/mol. The Morgan fingerprint density at radius 3 is 2.31 bits per heavy atom. The van der Waals surface area contributed by atoms with Gasteiger partial charge in [0, 0.05) is 10.5 Å². The van der Waals surface area contributed by atoms with Crippen LogP contribution in [0.4, 0.5) is 10.5 Å². The van der Waals surface area contributed by atoms with Gasteiger partial charge in [0.05, 0.1) is 30.8 Å². The van der Waals surface area contributed by atoms with Crippen molar-refractivity contribution in [3.05, 3.63) is 27.8 Å². The molecule has 1 amide bonds. The Labute approximate surface area is 176 Å². The summed E-state index contributed by atoms with van der Waals surface area (Å²) in [5, 5.41) is 22.8. The number of carbonyl (C=O) groups is 2. The van der Waals surface area contributed by atoms with Crippen LogP contribution in [-0.4, -0.2) is 52.9 Å². The molecular formula is C17H24N2O8S2. The number of ether oxygens (including phenoxy) is 3. The van der Waals surface area contributed by atoms with E-state index in [-0.39, 0.29) is 33.2 Å². The first-order valence-corrected chi connectivity index (χ1v) is 10.7. The second kappa shape index (κ2) is 11.0. The number of carbonyl (C=O) groups excluding carboxylic acids is 1. The van der Waals surface area contributed by atoms with Gasteiger partial charge in [0.1, 0.15) is 12.6 Å². The molecule has 0 saturated carbocycles. The van der Waals surface area contributed by atoms with Crippen LogP contribution in [0.3, 0.4) is 0 Å². The number of rotatable bonds is 10. The molecule has 12 heteroatoms. The van der Waals surface area contributed by atoms with Crippen LogP contribution in [0.2, 0.25) is 0 Å². The molecule has 0 aromatic heterocycles. The van der Waals surface area contributed by atoms with E-state index in [0.717, 1.165) is 6.07 Å². The fraction of sp³-hybridized carbons (Fsp3) is 0.529. The van der Waals surface area contributed by atoms with Crippen LogP contribution in [0.1, 0.15) is 26.3 Å². The molecule has 1 aromatic rings. The number of nitro benzene ring substituents is 1. The van der Waals surface area contributed by atoms with E-state index in [2.05, 4.69) is 5.32 Å². The number of hydrogen-bond donors (Lipinski definition) is 2. The van der Waals surface area contributed by atoms with Gasteiger partial charge in [0.15, 0.2) is 11.5 Å². The maximum atomic E-state index is 12.0. The van der Waals surface area contributed by atoms with E-state index in [1.807, 2.05) is 20.8 Å². The number of carboxylic acid groups (broad SMARTS) is 1. The van der Waals surface area contributed by atoms with Crippen LogP contribution >= 0.6 is 21.6 Å². The number of hydrogen-bond acceptors (Lipinski definition) is 9. The molecule has 0 fully saturated rings. The molecule has 0 radical (unpaired) electrons. The van der Waals surface area contributed by atoms with Crippen LogP contribution in [0, 0.1) is 10.1 Å². The number of alkyl carbamates (subject to hydrolysis) is 1. The Morgan fingerprint density at radius 2 is 1.83 bits per heavy atom. The van der Waals surface area contributed by atoms with Crippen molar-refractivity contribution in [1.29, 1.82) is 0 Å². The zero-order chi connectivity index (χ0) is 22.2. The number of methoxy groups -OCH3 is 2. The minimum atomic E-state index is -1.21. The van der Waals surface area contributed by atoms with Gasteiger partial charge in [-0.05, 0) is 6.07 Å². The van der Waals surface area contributed by atoms with Crippen LogP contribution in [0.15, 0.2) is 12.1 Å². The Bertz CT molecular complexity index is 752. The van der Waals surface area contributed by atoms with Crippen molar-refractivity contribution in [3.63, 3.8) is 0 Å². The molecule has 1 aromatic carbocycles. The molecular weight excluding hydrogens is 424 g/mol. The fourth-order valence-electron chi connectivity index (χ4n) is 1.98. The summed E-state index contributed by atoms with van der Waals surface area (Å²) in [5.41, 5.74) is -0.241. The van der Waals surface area contributed by atoms with Gasteiger partial charge in [-0.1, -0.05) is 42.4 Å². The Hall–Kier alpha value is -2.34. The third-order valence-corrected chi connectivity index (χ3v) is 6.62. The van der Waals surface area contributed by atoms with Crippen LogP contribution < -0.4 is 14.8 Å². The van der Waals surface area contributed by atoms with E-state index >= 15 is 0 Å². The first kappa shape index (κ1) is 24.7. The standard InChI is InChI=1S/C17H24N2O8S2/c1-17(2,3)29-28-9-11(15(20)21)18-16(22)27-8-10-6-13(25-4)14(26-5)7-12(10)19(23)24/h6-7,11H,8-9H2,1-5H3,(H,18,22)(H,20,21). The first-order valence-electron chi connectivity index (χ1n) is 8.34. The van der Waals surface area contributed by atoms with Gasteiger partial charge < -0.3 is 24.6 Å². The van der Waals surface area contributed by atoms with Gasteiger partial charge in [-0.15, -0.1) is 0 Å². The summed E-state index contributed by atoms with van der Waals surface area (Å²) in [4.78, 5) is 34.0. The lowest BCUT2D eigenvalue weighted by molar-refractivity contribution is -0.385. The van der Waals surface area contributed by atoms with E-state index in [0.29, 0.717) is 0 Å². The molecule has 2 N–H and O–H groups in total. The lowest BCUT2D eigenvalue weighted by atomic mass is 10.1. The van der Waals surface area contributed by atoms with E-state index in [1.165, 1.54) is 41.9 Å². The molecule has 0 spiro atoms. The molecule has 0 bridgehead atoms. The second-order valence-electron chi connectivity index (χ2n) is 6.68. The van der Waals surface area contributed by atoms with Crippen LogP contribution in [-0.2, 0) is 16.1 Å². The predicted octanol–water partition coefficient (Wildman–Crippen LogP) is 3.47. The lowest BCUT2D eigenvalue weighted by Gasteiger charge is -2.19. The number of nitro groups is 1. The molecule has 0 saturated heterocycles. The van der Waals surface area contributed by atoms with Gasteiger partial charge in [0.25, 0.3) is 5.69 Å². The smallest absolute Gasteiger partial charge is 0.408 e. The van der Waals surface area contributed by atoms with Gasteiger partial charge in [-0.3, -0.25) is 10.1 Å². The fourth-order valence-corrected chi connectivity index (χ4v) is 4.43. The molecule has 1 atom stereocenters. The minimum Gasteiger partial charge on any atom is -0.493 e. The maximum Gasteiger partial charge on any atom is 0.408 e. The van der Waals surface area contributed by atoms with Gasteiger partial charge in [-0.2, -0.15) is 0 Å². The summed E-state index contributed by atoms with van der Waals surface area (Å²) in [6.07, 6.45) is -0.997. The van der Waals surface area contributed by atoms with Gasteiger partial charge in [-0.25, -0.2) is 9.59 Å². The van der Waals surface area contributed by atoms with Crippen LogP contribution in [0.5, 0.6) is 11.5 Å². The monoisotopic (exact) mass is 448 g/mol. The molecule has 1 rings (SSSR count). The topological polar surface area (TPSA) is 137 Å². The average Bonchev–Trinajstić information content (AvgIpc) is 2.63. The summed E-state index contributed by atoms with van der Waals surface area (Å²) in [6.45, 7) is 5.51. The van der Waals surface area contributed by atoms with E-state index < -0.39 is 29.6 Å². The van der Waals surface area contributed by atoms with E-state index in [4.69, 9.17) is 14.2 Å². The number of aliphatic carboxylic acids is 1. The number of nitrogens with zero attached hydrogens (tertiary/aromatic N) is 1. The largest absolute Gasteiger partial charge is 0.493 e. The molecule has 0 aliphatic carbocycles. The summed E-state index contributed by atoms with van der Waals surface area (Å²) < 4.78 is 15.0. The zero-order valence-corrected chi connectivity index (χ0v) is 18.3. The summed E-state index contributed by atoms with van der Waals surface area (Å²) in [7, 11) is 5.51. The zero-order valence-electron chi connectivity index (χ0n) is 16.7. The lowest BCUT2D eigenvalue weighted by Crippen LogP contribution is -2.42. The van der Waals surface area contributed by atoms with Crippen molar-refractivity contribution in [2.24, 2.45) is 0 Å². The highest BCUT2D eigenvalue weighted by Gasteiger charge is 2.24. The van der Waals surface area contributed by atoms with Crippen molar-refractivity contribution < 1.29 is 33.8 Å². The maximum absolute atomic E-state index is 12.0. The number of amides is 1. The summed E-state index contributed by atoms with van der Waals surface area (Å²) in [5.74, 6) is -0.688. The number of carboxylic acids is 1. The third-order valence-electron chi connectivity index (χ3n) is 3.27. The molecule has 162 valence electrons. The Kier molecular flexibility index (Phi) is 9.37. The van der Waals surface area contributed by atoms with Crippen molar-refractivity contribution in [3.8, 4) is 11.5 Å². The molecule has 29 heavy (non-hydrogen) atoms. The first-order chi connectivity index (χ1) is 13.5. The van der Waals surface area contributed by atoms with Gasteiger partial charge in [0.2, 0.25) is 0 Å². The molecule has 0 aliphatic rings. The normalized spacial score (nSPS) is 12.0. The minimum absolute atomic E-state index is 0.0689. The van der Waals surface area contributed by atoms with Crippen molar-refractivity contribution >= 4 is 39.3 Å². The van der Waals surface area contributed by atoms with Crippen LogP contribution in [0.25, 0.3) is 0 Å². The van der Waals surface area contributed by atoms with E-state index in [1.54, 1.807) is 0 Å². The summed E-state index contributed by atoms with van der Waals surface area (Å²) >= 11 is 0. The van der Waals surface area contributed by atoms with Crippen molar-refractivity contribution in [2.45, 2.75) is 38.2 Å².